The minimum absolute atomic E-state index is 0.214. The predicted octanol–water partition coefficient (Wildman–Crippen LogP) is 2.73. The number of H-pyrrole nitrogens is 1. The van der Waals surface area contributed by atoms with E-state index in [2.05, 4.69) is 20.6 Å². The maximum Gasteiger partial charge on any atom is 0.251 e. The Morgan fingerprint density at radius 3 is 2.59 bits per heavy atom. The number of aromatic amines is 1. The number of amides is 2. The van der Waals surface area contributed by atoms with Crippen LogP contribution in [0.15, 0.2) is 54.6 Å². The number of nitrogens with one attached hydrogen (secondary N) is 3. The van der Waals surface area contributed by atoms with Gasteiger partial charge in [-0.2, -0.15) is 11.8 Å². The molecule has 1 heterocycles. The summed E-state index contributed by atoms with van der Waals surface area (Å²) in [6, 6.07) is 16.0. The first kappa shape index (κ1) is 19.0. The van der Waals surface area contributed by atoms with E-state index in [1.54, 1.807) is 36.0 Å². The van der Waals surface area contributed by atoms with Crippen molar-refractivity contribution in [1.82, 2.24) is 20.6 Å². The molecule has 3 aromatic rings. The van der Waals surface area contributed by atoms with Crippen LogP contribution in [0.5, 0.6) is 0 Å². The number of imidazole rings is 1. The zero-order valence-electron chi connectivity index (χ0n) is 15.1. The third-order valence-electron chi connectivity index (χ3n) is 4.14. The minimum Gasteiger partial charge on any atom is -0.347 e. The maximum atomic E-state index is 12.6. The quantitative estimate of drug-likeness (QED) is 0.559. The van der Waals surface area contributed by atoms with Crippen LogP contribution in [-0.2, 0) is 11.3 Å². The highest BCUT2D eigenvalue weighted by atomic mass is 32.2. The number of para-hydroxylation sites is 2. The zero-order valence-corrected chi connectivity index (χ0v) is 15.9. The first-order chi connectivity index (χ1) is 13.2. The SMILES string of the molecule is CSCCC(NC(=O)c1ccccc1)C(=O)NCc1nc2ccccc2[nH]1. The third kappa shape index (κ3) is 5.10. The van der Waals surface area contributed by atoms with E-state index < -0.39 is 6.04 Å². The Balaban J connectivity index is 1.62. The van der Waals surface area contributed by atoms with Gasteiger partial charge in [0.05, 0.1) is 17.6 Å². The lowest BCUT2D eigenvalue weighted by Gasteiger charge is -2.18. The molecule has 2 aromatic carbocycles. The summed E-state index contributed by atoms with van der Waals surface area (Å²) >= 11 is 1.64. The highest BCUT2D eigenvalue weighted by molar-refractivity contribution is 7.98. The Morgan fingerprint density at radius 2 is 1.85 bits per heavy atom. The van der Waals surface area contributed by atoms with E-state index in [1.807, 2.05) is 36.6 Å². The van der Waals surface area contributed by atoms with Crippen molar-refractivity contribution < 1.29 is 9.59 Å². The fourth-order valence-corrected chi connectivity index (χ4v) is 3.19. The fraction of sp³-hybridized carbons (Fsp3) is 0.250. The number of thioether (sulfide) groups is 1. The van der Waals surface area contributed by atoms with Crippen LogP contribution in [0.25, 0.3) is 11.0 Å². The zero-order chi connectivity index (χ0) is 19.1. The molecule has 0 radical (unpaired) electrons. The molecule has 140 valence electrons. The van der Waals surface area contributed by atoms with Crippen molar-refractivity contribution in [3.05, 3.63) is 66.0 Å². The first-order valence-corrected chi connectivity index (χ1v) is 10.1. The highest BCUT2D eigenvalue weighted by Gasteiger charge is 2.21. The van der Waals surface area contributed by atoms with E-state index in [9.17, 15) is 9.59 Å². The van der Waals surface area contributed by atoms with Crippen LogP contribution in [-0.4, -0.2) is 39.8 Å². The molecule has 3 N–H and O–H groups in total. The standard InChI is InChI=1S/C20H22N4O2S/c1-27-12-11-17(24-19(25)14-7-3-2-4-8-14)20(26)21-13-18-22-15-9-5-6-10-16(15)23-18/h2-10,17H,11-13H2,1H3,(H,21,26)(H,22,23)(H,24,25). The summed E-state index contributed by atoms with van der Waals surface area (Å²) in [5.41, 5.74) is 2.33. The number of rotatable bonds is 8. The highest BCUT2D eigenvalue weighted by Crippen LogP contribution is 2.10. The molecule has 0 saturated carbocycles. The summed E-state index contributed by atoms with van der Waals surface area (Å²) in [7, 11) is 0. The van der Waals surface area contributed by atoms with E-state index >= 15 is 0 Å². The lowest BCUT2D eigenvalue weighted by molar-refractivity contribution is -0.123. The molecule has 1 atom stereocenters. The molecule has 0 spiro atoms. The number of hydrogen-bond donors (Lipinski definition) is 3. The van der Waals surface area contributed by atoms with Gasteiger partial charge in [0.25, 0.3) is 5.91 Å². The Hall–Kier alpha value is -2.80. The van der Waals surface area contributed by atoms with E-state index in [4.69, 9.17) is 0 Å². The molecule has 0 aliphatic rings. The number of fused-ring (bicyclic) bond motifs is 1. The van der Waals surface area contributed by atoms with Crippen LogP contribution in [0.4, 0.5) is 0 Å². The second-order valence-electron chi connectivity index (χ2n) is 6.09. The number of aromatic nitrogens is 2. The first-order valence-electron chi connectivity index (χ1n) is 8.73. The monoisotopic (exact) mass is 382 g/mol. The minimum atomic E-state index is -0.588. The van der Waals surface area contributed by atoms with E-state index in [0.29, 0.717) is 17.8 Å². The van der Waals surface area contributed by atoms with Gasteiger partial charge in [-0.15, -0.1) is 0 Å². The van der Waals surface area contributed by atoms with Crippen molar-refractivity contribution in [2.45, 2.75) is 19.0 Å². The van der Waals surface area contributed by atoms with Crippen molar-refractivity contribution in [3.63, 3.8) is 0 Å². The van der Waals surface area contributed by atoms with Gasteiger partial charge in [-0.3, -0.25) is 9.59 Å². The molecule has 6 nitrogen and oxygen atoms in total. The summed E-state index contributed by atoms with van der Waals surface area (Å²) in [5.74, 6) is 0.995. The van der Waals surface area contributed by atoms with Gasteiger partial charge in [-0.1, -0.05) is 30.3 Å². The summed E-state index contributed by atoms with van der Waals surface area (Å²) in [6.07, 6.45) is 2.54. The molecule has 7 heteroatoms. The number of nitrogens with zero attached hydrogens (tertiary/aromatic N) is 1. The third-order valence-corrected chi connectivity index (χ3v) is 4.78. The molecule has 1 aromatic heterocycles. The van der Waals surface area contributed by atoms with Gasteiger partial charge in [0.2, 0.25) is 5.91 Å². The van der Waals surface area contributed by atoms with Gasteiger partial charge >= 0.3 is 0 Å². The Bertz CT molecular complexity index is 878. The average molecular weight is 382 g/mol. The largest absolute Gasteiger partial charge is 0.347 e. The number of carbonyl (C=O) groups is 2. The average Bonchev–Trinajstić information content (AvgIpc) is 3.12. The van der Waals surface area contributed by atoms with Crippen molar-refractivity contribution in [2.75, 3.05) is 12.0 Å². The molecule has 3 rings (SSSR count). The van der Waals surface area contributed by atoms with Gasteiger partial charge in [-0.05, 0) is 42.7 Å². The van der Waals surface area contributed by atoms with Crippen molar-refractivity contribution >= 4 is 34.6 Å². The van der Waals surface area contributed by atoms with Crippen molar-refractivity contribution in [1.29, 1.82) is 0 Å². The summed E-state index contributed by atoms with van der Waals surface area (Å²) < 4.78 is 0. The Labute approximate surface area is 162 Å². The van der Waals surface area contributed by atoms with Gasteiger partial charge in [0, 0.05) is 5.56 Å². The van der Waals surface area contributed by atoms with Crippen molar-refractivity contribution in [2.24, 2.45) is 0 Å². The van der Waals surface area contributed by atoms with Crippen LogP contribution >= 0.6 is 11.8 Å². The number of benzene rings is 2. The molecule has 0 aliphatic carbocycles. The van der Waals surface area contributed by atoms with Gasteiger partial charge in [0.15, 0.2) is 0 Å². The van der Waals surface area contributed by atoms with Gasteiger partial charge in [-0.25, -0.2) is 4.98 Å². The molecule has 2 amide bonds. The topological polar surface area (TPSA) is 86.9 Å². The van der Waals surface area contributed by atoms with Crippen molar-refractivity contribution in [3.8, 4) is 0 Å². The predicted molar refractivity (Wildman–Crippen MR) is 109 cm³/mol. The van der Waals surface area contributed by atoms with Crippen LogP contribution in [0.2, 0.25) is 0 Å². The van der Waals surface area contributed by atoms with Gasteiger partial charge in [0.1, 0.15) is 11.9 Å². The maximum absolute atomic E-state index is 12.6. The lowest BCUT2D eigenvalue weighted by Crippen LogP contribution is -2.47. The fourth-order valence-electron chi connectivity index (χ4n) is 2.72. The van der Waals surface area contributed by atoms with Crippen LogP contribution in [0.3, 0.4) is 0 Å². The lowest BCUT2D eigenvalue weighted by atomic mass is 10.1. The Kier molecular flexibility index (Phi) is 6.49. The van der Waals surface area contributed by atoms with Crippen LogP contribution in [0, 0.1) is 0 Å². The summed E-state index contributed by atoms with van der Waals surface area (Å²) in [5, 5.41) is 5.70. The summed E-state index contributed by atoms with van der Waals surface area (Å²) in [4.78, 5) is 32.7. The molecule has 27 heavy (non-hydrogen) atoms. The van der Waals surface area contributed by atoms with Gasteiger partial charge < -0.3 is 15.6 Å². The molecular formula is C20H22N4O2S. The number of carbonyl (C=O) groups excluding carboxylic acids is 2. The molecule has 0 aliphatic heterocycles. The molecular weight excluding hydrogens is 360 g/mol. The van der Waals surface area contributed by atoms with E-state index in [1.165, 1.54) is 0 Å². The summed E-state index contributed by atoms with van der Waals surface area (Å²) in [6.45, 7) is 0.282. The van der Waals surface area contributed by atoms with E-state index in [0.717, 1.165) is 16.8 Å². The molecule has 0 fully saturated rings. The molecule has 0 saturated heterocycles. The number of hydrogen-bond acceptors (Lipinski definition) is 4. The second kappa shape index (κ2) is 9.23. The van der Waals surface area contributed by atoms with E-state index in [-0.39, 0.29) is 18.4 Å². The van der Waals surface area contributed by atoms with Crippen LogP contribution < -0.4 is 10.6 Å². The Morgan fingerprint density at radius 1 is 1.11 bits per heavy atom. The smallest absolute Gasteiger partial charge is 0.251 e. The second-order valence-corrected chi connectivity index (χ2v) is 7.08. The normalized spacial score (nSPS) is 11.9. The van der Waals surface area contributed by atoms with Crippen LogP contribution in [0.1, 0.15) is 22.6 Å². The molecule has 0 bridgehead atoms. The molecule has 1 unspecified atom stereocenters.